The standard InChI is InChI=1S/C28H39NO10S/c1-20(30)36-14-10-25-27(12-16-38-22(3)32)18-26(27,11-15-37-21(2)31)19-28(25,13-17-39-23(4)33)29-40(34,35)24-8-6-5-7-9-24/h5-9,25,29H,10-19H2,1-4H3. The summed E-state index contributed by atoms with van der Waals surface area (Å²) in [5.74, 6) is -2.17. The van der Waals surface area contributed by atoms with Crippen LogP contribution in [0.2, 0.25) is 0 Å². The van der Waals surface area contributed by atoms with Gasteiger partial charge < -0.3 is 18.9 Å². The summed E-state index contributed by atoms with van der Waals surface area (Å²) >= 11 is 0. The van der Waals surface area contributed by atoms with Crippen molar-refractivity contribution in [2.24, 2.45) is 16.7 Å². The monoisotopic (exact) mass is 581 g/mol. The van der Waals surface area contributed by atoms with Gasteiger partial charge in [0.05, 0.1) is 31.3 Å². The molecule has 0 heterocycles. The third-order valence-corrected chi connectivity index (χ3v) is 9.84. The Kier molecular flexibility index (Phi) is 9.99. The van der Waals surface area contributed by atoms with Crippen LogP contribution in [0.5, 0.6) is 0 Å². The Morgan fingerprint density at radius 2 is 1.25 bits per heavy atom. The molecule has 1 N–H and O–H groups in total. The van der Waals surface area contributed by atoms with Gasteiger partial charge in [0.15, 0.2) is 0 Å². The van der Waals surface area contributed by atoms with Crippen LogP contribution < -0.4 is 4.72 Å². The van der Waals surface area contributed by atoms with E-state index in [1.54, 1.807) is 18.2 Å². The number of ether oxygens (including phenoxy) is 4. The molecule has 0 radical (unpaired) electrons. The van der Waals surface area contributed by atoms with Gasteiger partial charge in [-0.25, -0.2) is 13.1 Å². The minimum atomic E-state index is -4.02. The van der Waals surface area contributed by atoms with E-state index in [0.29, 0.717) is 32.1 Å². The summed E-state index contributed by atoms with van der Waals surface area (Å²) < 4.78 is 51.6. The molecule has 11 nitrogen and oxygen atoms in total. The van der Waals surface area contributed by atoms with Gasteiger partial charge in [-0.1, -0.05) is 18.2 Å². The van der Waals surface area contributed by atoms with Gasteiger partial charge in [0.25, 0.3) is 0 Å². The van der Waals surface area contributed by atoms with Crippen LogP contribution in [0.15, 0.2) is 35.2 Å². The lowest BCUT2D eigenvalue weighted by Gasteiger charge is -2.41. The van der Waals surface area contributed by atoms with Crippen molar-refractivity contribution in [3.05, 3.63) is 30.3 Å². The van der Waals surface area contributed by atoms with Crippen molar-refractivity contribution in [1.29, 1.82) is 0 Å². The van der Waals surface area contributed by atoms with Gasteiger partial charge >= 0.3 is 23.9 Å². The Morgan fingerprint density at radius 1 is 0.750 bits per heavy atom. The molecule has 0 aromatic heterocycles. The van der Waals surface area contributed by atoms with Crippen molar-refractivity contribution in [2.75, 3.05) is 26.4 Å². The highest BCUT2D eigenvalue weighted by Gasteiger charge is 2.79. The molecule has 0 aliphatic heterocycles. The molecule has 2 fully saturated rings. The van der Waals surface area contributed by atoms with Gasteiger partial charge in [0.1, 0.15) is 0 Å². The van der Waals surface area contributed by atoms with E-state index in [1.165, 1.54) is 39.8 Å². The molecule has 12 heteroatoms. The molecule has 4 unspecified atom stereocenters. The van der Waals surface area contributed by atoms with Crippen LogP contribution >= 0.6 is 0 Å². The maximum absolute atomic E-state index is 13.7. The van der Waals surface area contributed by atoms with E-state index in [9.17, 15) is 27.6 Å². The number of benzene rings is 1. The maximum Gasteiger partial charge on any atom is 0.302 e. The SMILES string of the molecule is CC(=O)OCCC1C(CCOC(C)=O)(NS(=O)(=O)c2ccccc2)CC2(CCOC(C)=O)CC12CCOC(C)=O. The molecule has 0 spiro atoms. The predicted octanol–water partition coefficient (Wildman–Crippen LogP) is 2.91. The lowest BCUT2D eigenvalue weighted by Crippen LogP contribution is -2.54. The Bertz CT molecular complexity index is 1200. The Morgan fingerprint density at radius 3 is 1.80 bits per heavy atom. The second-order valence-corrected chi connectivity index (χ2v) is 12.5. The van der Waals surface area contributed by atoms with Crippen LogP contribution in [0.3, 0.4) is 0 Å². The number of carbonyl (C=O) groups excluding carboxylic acids is 4. The smallest absolute Gasteiger partial charge is 0.302 e. The molecule has 1 aromatic carbocycles. The number of carbonyl (C=O) groups is 4. The summed E-state index contributed by atoms with van der Waals surface area (Å²) in [6.07, 6.45) is 2.48. The van der Waals surface area contributed by atoms with Crippen LogP contribution in [-0.4, -0.2) is 64.3 Å². The summed E-state index contributed by atoms with van der Waals surface area (Å²) in [6, 6.07) is 7.98. The van der Waals surface area contributed by atoms with Crippen molar-refractivity contribution in [1.82, 2.24) is 4.72 Å². The zero-order valence-corrected chi connectivity index (χ0v) is 24.3. The molecule has 0 bridgehead atoms. The van der Waals surface area contributed by atoms with Crippen LogP contribution in [0.4, 0.5) is 0 Å². The van der Waals surface area contributed by atoms with Crippen molar-refractivity contribution in [2.45, 2.75) is 76.7 Å². The van der Waals surface area contributed by atoms with Gasteiger partial charge in [-0.15, -0.1) is 0 Å². The molecule has 0 saturated heterocycles. The zero-order valence-electron chi connectivity index (χ0n) is 23.5. The second kappa shape index (κ2) is 12.7. The first-order valence-electron chi connectivity index (χ1n) is 13.4. The highest BCUT2D eigenvalue weighted by molar-refractivity contribution is 7.89. The van der Waals surface area contributed by atoms with E-state index in [1.807, 2.05) is 0 Å². The molecule has 1 aromatic rings. The van der Waals surface area contributed by atoms with Crippen molar-refractivity contribution >= 4 is 33.9 Å². The number of hydrogen-bond acceptors (Lipinski definition) is 10. The number of esters is 4. The van der Waals surface area contributed by atoms with Crippen molar-refractivity contribution < 1.29 is 46.5 Å². The van der Waals surface area contributed by atoms with Crippen molar-refractivity contribution in [3.8, 4) is 0 Å². The first-order valence-corrected chi connectivity index (χ1v) is 14.9. The summed E-state index contributed by atoms with van der Waals surface area (Å²) in [5.41, 5.74) is -2.04. The summed E-state index contributed by atoms with van der Waals surface area (Å²) in [4.78, 5) is 46.5. The van der Waals surface area contributed by atoms with Crippen molar-refractivity contribution in [3.63, 3.8) is 0 Å². The number of fused-ring (bicyclic) bond motifs is 1. The molecule has 3 rings (SSSR count). The molecule has 2 aliphatic carbocycles. The van der Waals surface area contributed by atoms with Crippen LogP contribution in [-0.2, 0) is 48.1 Å². The maximum atomic E-state index is 13.7. The summed E-state index contributed by atoms with van der Waals surface area (Å²) in [5, 5.41) is 0. The topological polar surface area (TPSA) is 151 Å². The van der Waals surface area contributed by atoms with Crippen LogP contribution in [0.1, 0.15) is 66.2 Å². The number of nitrogens with one attached hydrogen (secondary N) is 1. The van der Waals surface area contributed by atoms with E-state index in [0.717, 1.165) is 0 Å². The molecule has 2 saturated carbocycles. The average molecular weight is 582 g/mol. The predicted molar refractivity (Wildman–Crippen MR) is 142 cm³/mol. The van der Waals surface area contributed by atoms with Gasteiger partial charge in [-0.2, -0.15) is 0 Å². The van der Waals surface area contributed by atoms with Gasteiger partial charge in [0.2, 0.25) is 10.0 Å². The quantitative estimate of drug-likeness (QED) is 0.242. The third-order valence-electron chi connectivity index (χ3n) is 8.27. The number of rotatable bonds is 15. The zero-order chi connectivity index (χ0) is 29.6. The lowest BCUT2D eigenvalue weighted by atomic mass is 9.73. The minimum absolute atomic E-state index is 0.0310. The Labute approximate surface area is 235 Å². The third kappa shape index (κ3) is 7.20. The molecule has 222 valence electrons. The van der Waals surface area contributed by atoms with Crippen LogP contribution in [0, 0.1) is 16.7 Å². The fraction of sp³-hybridized carbons (Fsp3) is 0.643. The van der Waals surface area contributed by atoms with Gasteiger partial charge in [-0.3, -0.25) is 19.2 Å². The van der Waals surface area contributed by atoms with E-state index >= 15 is 0 Å². The fourth-order valence-electron chi connectivity index (χ4n) is 6.86. The lowest BCUT2D eigenvalue weighted by molar-refractivity contribution is -0.144. The number of sulfonamides is 1. The highest BCUT2D eigenvalue weighted by atomic mass is 32.2. The highest BCUT2D eigenvalue weighted by Crippen LogP contribution is 2.82. The largest absolute Gasteiger partial charge is 0.466 e. The van der Waals surface area contributed by atoms with E-state index in [-0.39, 0.29) is 43.7 Å². The first kappa shape index (κ1) is 31.5. The average Bonchev–Trinajstić information content (AvgIpc) is 3.40. The molecule has 40 heavy (non-hydrogen) atoms. The van der Waals surface area contributed by atoms with E-state index in [2.05, 4.69) is 4.72 Å². The Balaban J connectivity index is 2.07. The molecular formula is C28H39NO10S. The fourth-order valence-corrected chi connectivity index (χ4v) is 8.35. The first-order chi connectivity index (χ1) is 18.8. The van der Waals surface area contributed by atoms with Gasteiger partial charge in [-0.05, 0) is 61.0 Å². The molecule has 4 atom stereocenters. The normalized spacial score (nSPS) is 26.9. The number of hydrogen-bond donors (Lipinski definition) is 1. The molecule has 2 aliphatic rings. The second-order valence-electron chi connectivity index (χ2n) is 10.8. The van der Waals surface area contributed by atoms with Crippen LogP contribution in [0.25, 0.3) is 0 Å². The Hall–Kier alpha value is -2.99. The molecular weight excluding hydrogens is 542 g/mol. The van der Waals surface area contributed by atoms with Gasteiger partial charge in [0, 0.05) is 39.7 Å². The van der Waals surface area contributed by atoms with E-state index < -0.39 is 50.3 Å². The summed E-state index contributed by atoms with van der Waals surface area (Å²) in [7, 11) is -4.02. The van der Waals surface area contributed by atoms with E-state index in [4.69, 9.17) is 18.9 Å². The minimum Gasteiger partial charge on any atom is -0.466 e. The molecule has 0 amide bonds. The summed E-state index contributed by atoms with van der Waals surface area (Å²) in [6.45, 7) is 5.53.